The number of benzene rings is 1. The number of aromatic nitrogens is 2. The lowest BCUT2D eigenvalue weighted by molar-refractivity contribution is 0.0738. The van der Waals surface area contributed by atoms with Crippen molar-refractivity contribution in [2.45, 2.75) is 13.5 Å². The average molecular weight is 284 g/mol. The summed E-state index contributed by atoms with van der Waals surface area (Å²) < 4.78 is 5.61. The Morgan fingerprint density at radius 2 is 2.14 bits per heavy atom. The third-order valence-electron chi connectivity index (χ3n) is 3.28. The molecule has 2 N–H and O–H groups in total. The first kappa shape index (κ1) is 13.4. The highest BCUT2D eigenvalue weighted by Crippen LogP contribution is 2.23. The normalized spacial score (nSPS) is 14.3. The molecule has 2 aromatic rings. The molecule has 1 aromatic heterocycles. The number of aryl methyl sites for hydroxylation is 1. The van der Waals surface area contributed by atoms with Crippen LogP contribution in [-0.2, 0) is 6.54 Å². The van der Waals surface area contributed by atoms with Gasteiger partial charge in [-0.2, -0.15) is 0 Å². The Balaban J connectivity index is 1.87. The summed E-state index contributed by atoms with van der Waals surface area (Å²) in [5.74, 6) is 1.50. The summed E-state index contributed by atoms with van der Waals surface area (Å²) in [5, 5.41) is 0. The number of rotatable bonds is 2. The van der Waals surface area contributed by atoms with Gasteiger partial charge < -0.3 is 15.4 Å². The maximum Gasteiger partial charge on any atom is 0.258 e. The smallest absolute Gasteiger partial charge is 0.258 e. The molecule has 6 heteroatoms. The first-order valence-corrected chi connectivity index (χ1v) is 6.74. The average Bonchev–Trinajstić information content (AvgIpc) is 2.59. The van der Waals surface area contributed by atoms with Gasteiger partial charge in [-0.3, -0.25) is 4.79 Å². The van der Waals surface area contributed by atoms with Gasteiger partial charge in [0.2, 0.25) is 0 Å². The number of fused-ring (bicyclic) bond motifs is 1. The van der Waals surface area contributed by atoms with Crippen LogP contribution < -0.4 is 10.5 Å². The number of carbonyl (C=O) groups excluding carboxylic acids is 1. The highest BCUT2D eigenvalue weighted by atomic mass is 16.5. The van der Waals surface area contributed by atoms with Gasteiger partial charge in [-0.1, -0.05) is 12.1 Å². The van der Waals surface area contributed by atoms with E-state index in [0.29, 0.717) is 42.7 Å². The molecule has 0 unspecified atom stereocenters. The van der Waals surface area contributed by atoms with Gasteiger partial charge in [-0.25, -0.2) is 9.97 Å². The van der Waals surface area contributed by atoms with E-state index in [9.17, 15) is 4.79 Å². The summed E-state index contributed by atoms with van der Waals surface area (Å²) in [6.45, 7) is 3.11. The molecule has 0 radical (unpaired) electrons. The highest BCUT2D eigenvalue weighted by Gasteiger charge is 2.23. The third kappa shape index (κ3) is 2.79. The molecular formula is C15H16N4O2. The number of nitrogens with zero attached hydrogens (tertiary/aromatic N) is 3. The van der Waals surface area contributed by atoms with E-state index >= 15 is 0 Å². The molecule has 108 valence electrons. The summed E-state index contributed by atoms with van der Waals surface area (Å²) >= 11 is 0. The van der Waals surface area contributed by atoms with Crippen molar-refractivity contribution in [1.82, 2.24) is 14.9 Å². The van der Waals surface area contributed by atoms with Crippen LogP contribution in [0.2, 0.25) is 0 Å². The number of carbonyl (C=O) groups is 1. The topological polar surface area (TPSA) is 81.3 Å². The fraction of sp³-hybridized carbons (Fsp3) is 0.267. The number of ether oxygens (including phenoxy) is 1. The number of hydrogen-bond acceptors (Lipinski definition) is 5. The predicted octanol–water partition coefficient (Wildman–Crippen LogP) is 1.40. The Morgan fingerprint density at radius 1 is 1.33 bits per heavy atom. The first-order valence-electron chi connectivity index (χ1n) is 6.74. The first-order chi connectivity index (χ1) is 10.1. The SMILES string of the molecule is Cc1cc(N)nc(CN2CCOc3ccccc3C2=O)n1. The lowest BCUT2D eigenvalue weighted by Crippen LogP contribution is -2.32. The molecule has 0 saturated heterocycles. The van der Waals surface area contributed by atoms with Gasteiger partial charge in [-0.15, -0.1) is 0 Å². The molecule has 0 spiro atoms. The number of nitrogen functional groups attached to an aromatic ring is 1. The second kappa shape index (κ2) is 5.40. The molecule has 0 bridgehead atoms. The standard InChI is InChI=1S/C15H16N4O2/c1-10-8-13(16)18-14(17-10)9-19-6-7-21-12-5-3-2-4-11(12)15(19)20/h2-5,8H,6-7,9H2,1H3,(H2,16,17,18). The van der Waals surface area contributed by atoms with Crippen LogP contribution in [0.4, 0.5) is 5.82 Å². The van der Waals surface area contributed by atoms with Gasteiger partial charge in [0, 0.05) is 11.8 Å². The monoisotopic (exact) mass is 284 g/mol. The molecule has 3 rings (SSSR count). The van der Waals surface area contributed by atoms with Crippen LogP contribution in [0, 0.1) is 6.92 Å². The van der Waals surface area contributed by atoms with Gasteiger partial charge >= 0.3 is 0 Å². The van der Waals surface area contributed by atoms with E-state index in [1.165, 1.54) is 0 Å². The van der Waals surface area contributed by atoms with E-state index in [1.807, 2.05) is 19.1 Å². The highest BCUT2D eigenvalue weighted by molar-refractivity contribution is 5.97. The van der Waals surface area contributed by atoms with Crippen molar-refractivity contribution in [3.63, 3.8) is 0 Å². The fourth-order valence-corrected chi connectivity index (χ4v) is 2.36. The van der Waals surface area contributed by atoms with Crippen LogP contribution in [0.15, 0.2) is 30.3 Å². The molecule has 0 atom stereocenters. The molecule has 2 heterocycles. The van der Waals surface area contributed by atoms with Crippen molar-refractivity contribution in [2.75, 3.05) is 18.9 Å². The number of hydrogen-bond donors (Lipinski definition) is 1. The summed E-state index contributed by atoms with van der Waals surface area (Å²) in [4.78, 5) is 22.8. The molecule has 0 aliphatic carbocycles. The predicted molar refractivity (Wildman–Crippen MR) is 77.9 cm³/mol. The third-order valence-corrected chi connectivity index (χ3v) is 3.28. The minimum atomic E-state index is -0.0771. The molecule has 1 amide bonds. The molecule has 1 aromatic carbocycles. The van der Waals surface area contributed by atoms with E-state index < -0.39 is 0 Å². The molecule has 1 aliphatic heterocycles. The summed E-state index contributed by atoms with van der Waals surface area (Å²) in [6.07, 6.45) is 0. The Morgan fingerprint density at radius 3 is 2.95 bits per heavy atom. The van der Waals surface area contributed by atoms with Gasteiger partial charge in [-0.05, 0) is 19.1 Å². The summed E-state index contributed by atoms with van der Waals surface area (Å²) in [6, 6.07) is 8.95. The van der Waals surface area contributed by atoms with Crippen LogP contribution in [0.25, 0.3) is 0 Å². The maximum absolute atomic E-state index is 12.6. The van der Waals surface area contributed by atoms with Gasteiger partial charge in [0.25, 0.3) is 5.91 Å². The zero-order chi connectivity index (χ0) is 14.8. The maximum atomic E-state index is 12.6. The largest absolute Gasteiger partial charge is 0.491 e. The lowest BCUT2D eigenvalue weighted by atomic mass is 10.2. The van der Waals surface area contributed by atoms with E-state index in [1.54, 1.807) is 23.1 Å². The lowest BCUT2D eigenvalue weighted by Gasteiger charge is -2.19. The van der Waals surface area contributed by atoms with Crippen LogP contribution in [0.3, 0.4) is 0 Å². The van der Waals surface area contributed by atoms with Crippen LogP contribution in [-0.4, -0.2) is 33.9 Å². The van der Waals surface area contributed by atoms with Crippen molar-refractivity contribution in [3.8, 4) is 5.75 Å². The minimum absolute atomic E-state index is 0.0771. The Bertz CT molecular complexity index is 667. The fourth-order valence-electron chi connectivity index (χ4n) is 2.36. The quantitative estimate of drug-likeness (QED) is 0.901. The Kier molecular flexibility index (Phi) is 3.43. The second-order valence-corrected chi connectivity index (χ2v) is 4.92. The molecule has 0 fully saturated rings. The molecule has 21 heavy (non-hydrogen) atoms. The zero-order valence-electron chi connectivity index (χ0n) is 11.7. The second-order valence-electron chi connectivity index (χ2n) is 4.92. The van der Waals surface area contributed by atoms with E-state index in [-0.39, 0.29) is 5.91 Å². The number of para-hydroxylation sites is 1. The minimum Gasteiger partial charge on any atom is -0.491 e. The van der Waals surface area contributed by atoms with Gasteiger partial charge in [0.1, 0.15) is 24.0 Å². The molecule has 6 nitrogen and oxygen atoms in total. The van der Waals surface area contributed by atoms with Gasteiger partial charge in [0.15, 0.2) is 0 Å². The van der Waals surface area contributed by atoms with Crippen LogP contribution >= 0.6 is 0 Å². The molecular weight excluding hydrogens is 268 g/mol. The van der Waals surface area contributed by atoms with Crippen molar-refractivity contribution in [1.29, 1.82) is 0 Å². The van der Waals surface area contributed by atoms with E-state index in [2.05, 4.69) is 9.97 Å². The van der Waals surface area contributed by atoms with E-state index in [4.69, 9.17) is 10.5 Å². The van der Waals surface area contributed by atoms with Crippen LogP contribution in [0.1, 0.15) is 21.9 Å². The van der Waals surface area contributed by atoms with Crippen molar-refractivity contribution in [2.24, 2.45) is 0 Å². The molecule has 0 saturated carbocycles. The Labute approximate surface area is 122 Å². The van der Waals surface area contributed by atoms with Gasteiger partial charge in [0.05, 0.1) is 18.7 Å². The zero-order valence-corrected chi connectivity index (χ0v) is 11.7. The van der Waals surface area contributed by atoms with Crippen molar-refractivity contribution >= 4 is 11.7 Å². The van der Waals surface area contributed by atoms with Crippen molar-refractivity contribution in [3.05, 3.63) is 47.4 Å². The molecule has 1 aliphatic rings. The Hall–Kier alpha value is -2.63. The van der Waals surface area contributed by atoms with E-state index in [0.717, 1.165) is 5.69 Å². The summed E-state index contributed by atoms with van der Waals surface area (Å²) in [7, 11) is 0. The number of amides is 1. The van der Waals surface area contributed by atoms with Crippen molar-refractivity contribution < 1.29 is 9.53 Å². The van der Waals surface area contributed by atoms with Crippen LogP contribution in [0.5, 0.6) is 5.75 Å². The number of anilines is 1. The summed E-state index contributed by atoms with van der Waals surface area (Å²) in [5.41, 5.74) is 7.08. The number of nitrogens with two attached hydrogens (primary N) is 1.